The second kappa shape index (κ2) is 11.1. The summed E-state index contributed by atoms with van der Waals surface area (Å²) in [4.78, 5) is 17.7. The first kappa shape index (κ1) is 26.9. The molecule has 3 atom stereocenters. The molecule has 1 aliphatic rings. The van der Waals surface area contributed by atoms with Gasteiger partial charge in [0.25, 0.3) is 0 Å². The fourth-order valence-electron chi connectivity index (χ4n) is 4.75. The van der Waals surface area contributed by atoms with Crippen molar-refractivity contribution in [2.45, 2.75) is 49.5 Å². The highest BCUT2D eigenvalue weighted by Gasteiger charge is 2.41. The number of nitrogens with zero attached hydrogens (tertiary/aromatic N) is 1. The molecule has 1 heterocycles. The number of carbonyl (C=O) groups is 1. The second-order valence-corrected chi connectivity index (χ2v) is 9.56. The van der Waals surface area contributed by atoms with Gasteiger partial charge in [0.2, 0.25) is 0 Å². The molecule has 37 heavy (non-hydrogen) atoms. The van der Waals surface area contributed by atoms with Crippen LogP contribution >= 0.6 is 11.6 Å². The lowest BCUT2D eigenvalue weighted by Crippen LogP contribution is -2.54. The van der Waals surface area contributed by atoms with E-state index in [1.807, 2.05) is 0 Å². The summed E-state index contributed by atoms with van der Waals surface area (Å²) < 4.78 is 61.2. The first-order valence-electron chi connectivity index (χ1n) is 11.7. The first-order valence-corrected chi connectivity index (χ1v) is 12.1. The van der Waals surface area contributed by atoms with Crippen molar-refractivity contribution in [2.24, 2.45) is 0 Å². The Labute approximate surface area is 217 Å². The van der Waals surface area contributed by atoms with Crippen molar-refractivity contribution in [1.82, 2.24) is 15.6 Å². The summed E-state index contributed by atoms with van der Waals surface area (Å²) >= 11 is 6.04. The van der Waals surface area contributed by atoms with Crippen molar-refractivity contribution in [2.75, 3.05) is 7.11 Å². The van der Waals surface area contributed by atoms with Crippen LogP contribution in [0.3, 0.4) is 0 Å². The maximum Gasteiger partial charge on any atom is 0.416 e. The van der Waals surface area contributed by atoms with Gasteiger partial charge in [0, 0.05) is 25.8 Å². The van der Waals surface area contributed by atoms with E-state index in [9.17, 15) is 22.4 Å². The Morgan fingerprint density at radius 3 is 2.43 bits per heavy atom. The Kier molecular flexibility index (Phi) is 8.04. The van der Waals surface area contributed by atoms with Crippen LogP contribution < -0.4 is 10.6 Å². The number of urea groups is 1. The Morgan fingerprint density at radius 1 is 1.08 bits per heavy atom. The van der Waals surface area contributed by atoms with Crippen molar-refractivity contribution in [3.63, 3.8) is 0 Å². The molecule has 2 amide bonds. The fourth-order valence-corrected chi connectivity index (χ4v) is 4.86. The highest BCUT2D eigenvalue weighted by molar-refractivity contribution is 6.30. The average Bonchev–Trinajstić information content (AvgIpc) is 3.31. The summed E-state index contributed by atoms with van der Waals surface area (Å²) in [6, 6.07) is 13.4. The zero-order valence-electron chi connectivity index (χ0n) is 20.0. The van der Waals surface area contributed by atoms with Gasteiger partial charge in [-0.3, -0.25) is 4.98 Å². The molecule has 0 spiro atoms. The van der Waals surface area contributed by atoms with E-state index < -0.39 is 29.1 Å². The zero-order chi connectivity index (χ0) is 26.6. The number of benzene rings is 2. The molecule has 0 radical (unpaired) electrons. The van der Waals surface area contributed by atoms with E-state index in [-0.39, 0.29) is 29.8 Å². The average molecular weight is 536 g/mol. The monoisotopic (exact) mass is 535 g/mol. The van der Waals surface area contributed by atoms with E-state index in [4.69, 9.17) is 16.3 Å². The van der Waals surface area contributed by atoms with E-state index in [0.717, 1.165) is 18.6 Å². The number of aromatic nitrogens is 1. The number of pyridine rings is 1. The fraction of sp³-hybridized carbons (Fsp3) is 0.333. The Morgan fingerprint density at radius 2 is 1.81 bits per heavy atom. The lowest BCUT2D eigenvalue weighted by atomic mass is 9.79. The Hall–Kier alpha value is -3.17. The molecule has 1 aromatic heterocycles. The second-order valence-electron chi connectivity index (χ2n) is 9.12. The number of carbonyl (C=O) groups excluding carboxylic acids is 1. The topological polar surface area (TPSA) is 63.2 Å². The predicted molar refractivity (Wildman–Crippen MR) is 132 cm³/mol. The number of halogens is 5. The van der Waals surface area contributed by atoms with Crippen molar-refractivity contribution in [3.8, 4) is 0 Å². The minimum Gasteiger partial charge on any atom is -0.381 e. The van der Waals surface area contributed by atoms with E-state index in [0.29, 0.717) is 29.5 Å². The molecule has 5 nitrogen and oxygen atoms in total. The van der Waals surface area contributed by atoms with Crippen molar-refractivity contribution < 1.29 is 27.1 Å². The minimum absolute atomic E-state index is 0.00199. The van der Waals surface area contributed by atoms with Crippen LogP contribution in [0.4, 0.5) is 22.4 Å². The number of hydrogen-bond donors (Lipinski definition) is 2. The number of hydrogen-bond acceptors (Lipinski definition) is 3. The third-order valence-electron chi connectivity index (χ3n) is 6.57. The summed E-state index contributed by atoms with van der Waals surface area (Å²) in [6.45, 7) is 0. The predicted octanol–water partition coefficient (Wildman–Crippen LogP) is 6.25. The molecule has 2 N–H and O–H groups in total. The zero-order valence-corrected chi connectivity index (χ0v) is 20.7. The van der Waals surface area contributed by atoms with Crippen molar-refractivity contribution in [3.05, 3.63) is 100 Å². The lowest BCUT2D eigenvalue weighted by molar-refractivity contribution is -0.137. The van der Waals surface area contributed by atoms with Gasteiger partial charge in [0.05, 0.1) is 22.4 Å². The highest BCUT2D eigenvalue weighted by Crippen LogP contribution is 2.38. The maximum absolute atomic E-state index is 14.7. The molecule has 2 aromatic carbocycles. The van der Waals surface area contributed by atoms with Gasteiger partial charge in [-0.2, -0.15) is 13.2 Å². The minimum atomic E-state index is -4.80. The van der Waals surface area contributed by atoms with Crippen LogP contribution in [0.2, 0.25) is 5.02 Å². The van der Waals surface area contributed by atoms with Crippen LogP contribution in [0, 0.1) is 5.82 Å². The summed E-state index contributed by atoms with van der Waals surface area (Å²) in [5, 5.41) is 6.06. The smallest absolute Gasteiger partial charge is 0.381 e. The Balaban J connectivity index is 1.84. The van der Waals surface area contributed by atoms with E-state index in [2.05, 4.69) is 15.6 Å². The third kappa shape index (κ3) is 6.40. The molecular weight excluding hydrogens is 510 g/mol. The van der Waals surface area contributed by atoms with Crippen molar-refractivity contribution >= 4 is 17.6 Å². The number of nitrogens with one attached hydrogen (secondary N) is 2. The van der Waals surface area contributed by atoms with Crippen LogP contribution in [-0.2, 0) is 22.9 Å². The van der Waals surface area contributed by atoms with E-state index in [1.54, 1.807) is 37.4 Å². The molecule has 1 fully saturated rings. The van der Waals surface area contributed by atoms with Gasteiger partial charge in [-0.05, 0) is 60.7 Å². The van der Waals surface area contributed by atoms with Gasteiger partial charge in [-0.25, -0.2) is 9.18 Å². The molecule has 196 valence electrons. The van der Waals surface area contributed by atoms with Crippen LogP contribution in [-0.4, -0.2) is 30.3 Å². The number of methoxy groups -OCH3 is 1. The molecule has 10 heteroatoms. The van der Waals surface area contributed by atoms with Crippen LogP contribution in [0.5, 0.6) is 0 Å². The lowest BCUT2D eigenvalue weighted by Gasteiger charge is -2.36. The summed E-state index contributed by atoms with van der Waals surface area (Å²) in [5.41, 5.74) is -2.03. The molecular formula is C27H26ClF4N3O2. The standard InChI is InChI=1S/C27H26ClF4N3O2/c1-37-23-9-8-22(14-23)34-25(36)35-26(15-17-5-3-2-4-6-17,24-10-7-20(28)16-33-24)18-11-19(27(30,31)32)13-21(29)12-18/h2-7,10-13,16,22-23H,8-9,14-15H2,1H3,(H2,34,35,36)/t22-,23+,26+/m1/s1. The van der Waals surface area contributed by atoms with E-state index in [1.165, 1.54) is 18.3 Å². The third-order valence-corrected chi connectivity index (χ3v) is 6.80. The molecule has 0 unspecified atom stereocenters. The van der Waals surface area contributed by atoms with Gasteiger partial charge in [0.15, 0.2) is 0 Å². The maximum atomic E-state index is 14.7. The number of ether oxygens (including phenoxy) is 1. The normalized spacial score (nSPS) is 19.3. The van der Waals surface area contributed by atoms with E-state index >= 15 is 0 Å². The van der Waals surface area contributed by atoms with Gasteiger partial charge in [0.1, 0.15) is 11.4 Å². The first-order chi connectivity index (χ1) is 17.6. The van der Waals surface area contributed by atoms with Gasteiger partial charge in [-0.1, -0.05) is 41.9 Å². The van der Waals surface area contributed by atoms with Gasteiger partial charge < -0.3 is 15.4 Å². The molecule has 3 aromatic rings. The highest BCUT2D eigenvalue weighted by atomic mass is 35.5. The summed E-state index contributed by atoms with van der Waals surface area (Å²) in [5.74, 6) is -1.09. The molecule has 4 rings (SSSR count). The van der Waals surface area contributed by atoms with Crippen LogP contribution in [0.15, 0.2) is 66.9 Å². The summed E-state index contributed by atoms with van der Waals surface area (Å²) in [6.07, 6.45) is -1.39. The number of rotatable bonds is 7. The van der Waals surface area contributed by atoms with Gasteiger partial charge >= 0.3 is 12.2 Å². The van der Waals surface area contributed by atoms with Crippen LogP contribution in [0.25, 0.3) is 0 Å². The quantitative estimate of drug-likeness (QED) is 0.352. The number of amides is 2. The van der Waals surface area contributed by atoms with Crippen LogP contribution in [0.1, 0.15) is 41.6 Å². The summed E-state index contributed by atoms with van der Waals surface area (Å²) in [7, 11) is 1.60. The SMILES string of the molecule is CO[C@H]1CC[C@@H](NC(=O)N[C@@](Cc2ccccc2)(c2cc(F)cc(C(F)(F)F)c2)c2ccc(Cl)cn2)C1. The van der Waals surface area contributed by atoms with Gasteiger partial charge in [-0.15, -0.1) is 0 Å². The molecule has 0 saturated heterocycles. The number of alkyl halides is 3. The molecule has 0 aliphatic heterocycles. The molecule has 1 saturated carbocycles. The molecule has 1 aliphatic carbocycles. The molecule has 0 bridgehead atoms. The Bertz CT molecular complexity index is 1220. The van der Waals surface area contributed by atoms with Crippen molar-refractivity contribution in [1.29, 1.82) is 0 Å². The largest absolute Gasteiger partial charge is 0.416 e.